The van der Waals surface area contributed by atoms with Crippen LogP contribution in [-0.2, 0) is 9.84 Å². The van der Waals surface area contributed by atoms with Gasteiger partial charge in [-0.15, -0.1) is 0 Å². The highest BCUT2D eigenvalue weighted by molar-refractivity contribution is 7.91. The number of hydrogen-bond acceptors (Lipinski definition) is 6. The summed E-state index contributed by atoms with van der Waals surface area (Å²) in [6.45, 7) is 7.99. The third-order valence-electron chi connectivity index (χ3n) is 6.00. The van der Waals surface area contributed by atoms with Crippen molar-refractivity contribution in [1.82, 2.24) is 0 Å². The van der Waals surface area contributed by atoms with Gasteiger partial charge >= 0.3 is 0 Å². The van der Waals surface area contributed by atoms with Gasteiger partial charge in [0.2, 0.25) is 9.84 Å². The van der Waals surface area contributed by atoms with Crippen LogP contribution in [0.2, 0.25) is 0 Å². The second-order valence-corrected chi connectivity index (χ2v) is 11.5. The quantitative estimate of drug-likeness (QED) is 0.235. The smallest absolute Gasteiger partial charge is 0.206 e. The second kappa shape index (κ2) is 10.6. The van der Waals surface area contributed by atoms with Crippen molar-refractivity contribution in [3.8, 4) is 23.0 Å². The lowest BCUT2D eigenvalue weighted by molar-refractivity contribution is 0.472. The molecule has 0 aliphatic carbocycles. The van der Waals surface area contributed by atoms with Crippen molar-refractivity contribution in [2.75, 3.05) is 11.5 Å². The molecule has 0 heterocycles. The molecule has 0 aliphatic rings. The predicted molar refractivity (Wildman–Crippen MR) is 148 cm³/mol. The van der Waals surface area contributed by atoms with E-state index in [2.05, 4.69) is 0 Å². The molecule has 0 aliphatic heterocycles. The summed E-state index contributed by atoms with van der Waals surface area (Å²) in [4.78, 5) is 0.408. The molecule has 4 N–H and O–H groups in total. The highest BCUT2D eigenvalue weighted by atomic mass is 32.2. The van der Waals surface area contributed by atoms with E-state index in [9.17, 15) is 8.42 Å². The van der Waals surface area contributed by atoms with Crippen LogP contribution in [0.1, 0.15) is 50.7 Å². The fourth-order valence-electron chi connectivity index (χ4n) is 4.02. The minimum atomic E-state index is -3.79. The van der Waals surface area contributed by atoms with E-state index in [1.807, 2.05) is 52.0 Å². The SMILES string of the molecule is CC(C)c1cc(S(=O)(=O)c2ccc(Oc3cccc(N)c3)c(C(C)C)c2)ccc1Oc1cccc(N)c1. The molecule has 4 aromatic carbocycles. The molecule has 0 radical (unpaired) electrons. The molecular formula is C30H32N2O4S. The maximum Gasteiger partial charge on any atom is 0.206 e. The molecule has 37 heavy (non-hydrogen) atoms. The standard InChI is InChI=1S/C30H32N2O4S/c1-19(2)27-17-25(11-13-29(27)35-23-9-5-7-21(31)15-23)37(33,34)26-12-14-30(28(18-26)20(3)4)36-24-10-6-8-22(32)16-24/h5-20H,31-32H2,1-4H3. The number of ether oxygens (including phenoxy) is 2. The Labute approximate surface area is 218 Å². The Bertz CT molecular complexity index is 1420. The van der Waals surface area contributed by atoms with Crippen LogP contribution in [-0.4, -0.2) is 8.42 Å². The van der Waals surface area contributed by atoms with Crippen molar-refractivity contribution < 1.29 is 17.9 Å². The van der Waals surface area contributed by atoms with Gasteiger partial charge in [-0.2, -0.15) is 0 Å². The molecule has 4 rings (SSSR count). The topological polar surface area (TPSA) is 105 Å². The lowest BCUT2D eigenvalue weighted by atomic mass is 10.0. The maximum absolute atomic E-state index is 13.7. The van der Waals surface area contributed by atoms with E-state index in [1.165, 1.54) is 0 Å². The van der Waals surface area contributed by atoms with Crippen LogP contribution < -0.4 is 20.9 Å². The number of nitrogen functional groups attached to an aromatic ring is 2. The van der Waals surface area contributed by atoms with E-state index in [0.29, 0.717) is 34.4 Å². The summed E-state index contributed by atoms with van der Waals surface area (Å²) in [5.74, 6) is 2.43. The van der Waals surface area contributed by atoms with Gasteiger partial charge in [-0.25, -0.2) is 8.42 Å². The van der Waals surface area contributed by atoms with Crippen molar-refractivity contribution in [3.05, 3.63) is 96.1 Å². The summed E-state index contributed by atoms with van der Waals surface area (Å²) in [5, 5.41) is 0. The van der Waals surface area contributed by atoms with E-state index in [1.54, 1.807) is 60.7 Å². The minimum absolute atomic E-state index is 0.0338. The first-order chi connectivity index (χ1) is 17.5. The molecule has 0 saturated heterocycles. The van der Waals surface area contributed by atoms with E-state index in [0.717, 1.165) is 11.1 Å². The zero-order valence-electron chi connectivity index (χ0n) is 21.4. The molecule has 0 aromatic heterocycles. The molecule has 0 atom stereocenters. The molecule has 0 bridgehead atoms. The third-order valence-corrected chi connectivity index (χ3v) is 7.75. The Kier molecular flexibility index (Phi) is 7.45. The average Bonchev–Trinajstić information content (AvgIpc) is 2.84. The molecule has 0 spiro atoms. The summed E-state index contributed by atoms with van der Waals surface area (Å²) in [6.07, 6.45) is 0. The number of benzene rings is 4. The first-order valence-electron chi connectivity index (χ1n) is 12.1. The van der Waals surface area contributed by atoms with Gasteiger partial charge < -0.3 is 20.9 Å². The number of anilines is 2. The summed E-state index contributed by atoms with van der Waals surface area (Å²) in [5.41, 5.74) is 14.5. The lowest BCUT2D eigenvalue weighted by Crippen LogP contribution is -2.06. The number of nitrogens with two attached hydrogens (primary N) is 2. The van der Waals surface area contributed by atoms with Crippen LogP contribution in [0.25, 0.3) is 0 Å². The van der Waals surface area contributed by atoms with E-state index in [4.69, 9.17) is 20.9 Å². The Morgan fingerprint density at radius 3 is 1.35 bits per heavy atom. The average molecular weight is 517 g/mol. The van der Waals surface area contributed by atoms with Gasteiger partial charge in [-0.3, -0.25) is 0 Å². The first-order valence-corrected chi connectivity index (χ1v) is 13.6. The van der Waals surface area contributed by atoms with Crippen molar-refractivity contribution in [2.24, 2.45) is 0 Å². The van der Waals surface area contributed by atoms with Crippen LogP contribution >= 0.6 is 0 Å². The molecule has 7 heteroatoms. The van der Waals surface area contributed by atoms with Crippen molar-refractivity contribution in [2.45, 2.75) is 49.3 Å². The van der Waals surface area contributed by atoms with E-state index < -0.39 is 9.84 Å². The van der Waals surface area contributed by atoms with Gasteiger partial charge in [0.1, 0.15) is 23.0 Å². The van der Waals surface area contributed by atoms with Gasteiger partial charge in [0.25, 0.3) is 0 Å². The molecule has 6 nitrogen and oxygen atoms in total. The number of hydrogen-bond donors (Lipinski definition) is 2. The lowest BCUT2D eigenvalue weighted by Gasteiger charge is -2.18. The molecular weight excluding hydrogens is 484 g/mol. The predicted octanol–water partition coefficient (Wildman–Crippen LogP) is 7.52. The molecule has 0 amide bonds. The fourth-order valence-corrected chi connectivity index (χ4v) is 5.35. The Balaban J connectivity index is 1.70. The largest absolute Gasteiger partial charge is 0.457 e. The minimum Gasteiger partial charge on any atom is -0.457 e. The van der Waals surface area contributed by atoms with Crippen LogP contribution in [0.5, 0.6) is 23.0 Å². The van der Waals surface area contributed by atoms with Gasteiger partial charge in [-0.05, 0) is 83.6 Å². The van der Waals surface area contributed by atoms with Crippen molar-refractivity contribution in [1.29, 1.82) is 0 Å². The van der Waals surface area contributed by atoms with Crippen molar-refractivity contribution >= 4 is 21.2 Å². The van der Waals surface area contributed by atoms with Crippen LogP contribution in [0.3, 0.4) is 0 Å². The fraction of sp³-hybridized carbons (Fsp3) is 0.200. The van der Waals surface area contributed by atoms with Gasteiger partial charge in [-0.1, -0.05) is 39.8 Å². The Morgan fingerprint density at radius 2 is 1.00 bits per heavy atom. The normalized spacial score (nSPS) is 11.6. The highest BCUT2D eigenvalue weighted by Crippen LogP contribution is 2.37. The summed E-state index contributed by atoms with van der Waals surface area (Å²) < 4.78 is 39.5. The second-order valence-electron chi connectivity index (χ2n) is 9.56. The van der Waals surface area contributed by atoms with Crippen molar-refractivity contribution in [3.63, 3.8) is 0 Å². The highest BCUT2D eigenvalue weighted by Gasteiger charge is 2.23. The van der Waals surface area contributed by atoms with E-state index >= 15 is 0 Å². The van der Waals surface area contributed by atoms with Crippen LogP contribution in [0.15, 0.2) is 94.7 Å². The van der Waals surface area contributed by atoms with E-state index in [-0.39, 0.29) is 21.6 Å². The molecule has 0 unspecified atom stereocenters. The third kappa shape index (κ3) is 5.89. The summed E-state index contributed by atoms with van der Waals surface area (Å²) >= 11 is 0. The molecule has 4 aromatic rings. The Hall–Kier alpha value is -3.97. The van der Waals surface area contributed by atoms with Gasteiger partial charge in [0.15, 0.2) is 0 Å². The monoisotopic (exact) mass is 516 g/mol. The van der Waals surface area contributed by atoms with Gasteiger partial charge in [0.05, 0.1) is 9.79 Å². The molecule has 192 valence electrons. The number of sulfone groups is 1. The zero-order chi connectivity index (χ0) is 26.7. The van der Waals surface area contributed by atoms with Crippen LogP contribution in [0.4, 0.5) is 11.4 Å². The van der Waals surface area contributed by atoms with Crippen LogP contribution in [0, 0.1) is 0 Å². The molecule has 0 fully saturated rings. The molecule has 0 saturated carbocycles. The first kappa shape index (κ1) is 26.1. The number of rotatable bonds is 8. The summed E-state index contributed by atoms with van der Waals surface area (Å²) in [7, 11) is -3.79. The Morgan fingerprint density at radius 1 is 0.595 bits per heavy atom. The van der Waals surface area contributed by atoms with Gasteiger partial charge in [0, 0.05) is 23.5 Å². The summed E-state index contributed by atoms with van der Waals surface area (Å²) in [6, 6.07) is 24.2. The maximum atomic E-state index is 13.7. The zero-order valence-corrected chi connectivity index (χ0v) is 22.3.